The van der Waals surface area contributed by atoms with E-state index in [0.717, 1.165) is 24.0 Å². The van der Waals surface area contributed by atoms with Gasteiger partial charge in [0.15, 0.2) is 0 Å². The van der Waals surface area contributed by atoms with E-state index in [1.807, 2.05) is 6.07 Å². The topological polar surface area (TPSA) is 17.0 Å². The first-order valence-electron chi connectivity index (χ1n) is 5.38. The van der Waals surface area contributed by atoms with E-state index in [1.54, 1.807) is 11.3 Å². The Bertz CT molecular complexity index is 447. The van der Waals surface area contributed by atoms with E-state index in [0.29, 0.717) is 0 Å². The fraction of sp³-hybridized carbons (Fsp3) is 0.333. The molecule has 0 aliphatic rings. The molecule has 2 nitrogen and oxygen atoms in total. The summed E-state index contributed by atoms with van der Waals surface area (Å²) in [6, 6.07) is 8.28. The molecule has 0 aromatic carbocycles. The van der Waals surface area contributed by atoms with Crippen molar-refractivity contribution in [2.75, 3.05) is 6.54 Å². The first-order chi connectivity index (χ1) is 7.79. The monoisotopic (exact) mass is 254 g/mol. The van der Waals surface area contributed by atoms with Crippen LogP contribution >= 0.6 is 22.9 Å². The fourth-order valence-corrected chi connectivity index (χ4v) is 2.71. The van der Waals surface area contributed by atoms with Crippen LogP contribution < -0.4 is 5.32 Å². The van der Waals surface area contributed by atoms with Crippen LogP contribution in [0.4, 0.5) is 0 Å². The van der Waals surface area contributed by atoms with Crippen molar-refractivity contribution in [3.05, 3.63) is 45.4 Å². The van der Waals surface area contributed by atoms with Crippen LogP contribution in [0.5, 0.6) is 0 Å². The van der Waals surface area contributed by atoms with Gasteiger partial charge in [-0.05, 0) is 30.8 Å². The second kappa shape index (κ2) is 5.53. The lowest BCUT2D eigenvalue weighted by Crippen LogP contribution is -2.15. The number of thiophene rings is 1. The van der Waals surface area contributed by atoms with Crippen molar-refractivity contribution in [3.8, 4) is 0 Å². The lowest BCUT2D eigenvalue weighted by Gasteiger charge is -2.08. The summed E-state index contributed by atoms with van der Waals surface area (Å²) in [6.45, 7) is 4.94. The summed E-state index contributed by atoms with van der Waals surface area (Å²) in [5.41, 5.74) is 1.31. The number of halogens is 1. The average Bonchev–Trinajstić information content (AvgIpc) is 2.86. The second-order valence-electron chi connectivity index (χ2n) is 3.61. The SMILES string of the molecule is CCNCc1cccn1Cc1ccc(Cl)s1. The zero-order chi connectivity index (χ0) is 11.4. The first-order valence-corrected chi connectivity index (χ1v) is 6.58. The van der Waals surface area contributed by atoms with E-state index in [9.17, 15) is 0 Å². The van der Waals surface area contributed by atoms with Crippen molar-refractivity contribution >= 4 is 22.9 Å². The van der Waals surface area contributed by atoms with E-state index < -0.39 is 0 Å². The Balaban J connectivity index is 2.06. The second-order valence-corrected chi connectivity index (χ2v) is 5.41. The van der Waals surface area contributed by atoms with Crippen LogP contribution in [0, 0.1) is 0 Å². The standard InChI is InChI=1S/C12H15ClN2S/c1-2-14-8-10-4-3-7-15(10)9-11-5-6-12(13)16-11/h3-7,14H,2,8-9H2,1H3. The highest BCUT2D eigenvalue weighted by molar-refractivity contribution is 7.16. The van der Waals surface area contributed by atoms with Gasteiger partial charge in [-0.25, -0.2) is 0 Å². The average molecular weight is 255 g/mol. The maximum atomic E-state index is 5.92. The summed E-state index contributed by atoms with van der Waals surface area (Å²) >= 11 is 7.56. The summed E-state index contributed by atoms with van der Waals surface area (Å²) in [5, 5.41) is 3.34. The van der Waals surface area contributed by atoms with Crippen LogP contribution in [-0.4, -0.2) is 11.1 Å². The quantitative estimate of drug-likeness (QED) is 0.866. The lowest BCUT2D eigenvalue weighted by atomic mass is 10.4. The smallest absolute Gasteiger partial charge is 0.0931 e. The van der Waals surface area contributed by atoms with E-state index in [4.69, 9.17) is 11.6 Å². The molecule has 16 heavy (non-hydrogen) atoms. The molecule has 0 saturated carbocycles. The molecule has 86 valence electrons. The molecule has 0 saturated heterocycles. The molecule has 2 rings (SSSR count). The highest BCUT2D eigenvalue weighted by Crippen LogP contribution is 2.22. The van der Waals surface area contributed by atoms with Gasteiger partial charge in [-0.1, -0.05) is 18.5 Å². The normalized spacial score (nSPS) is 10.9. The Morgan fingerprint density at radius 2 is 2.25 bits per heavy atom. The molecule has 2 aromatic rings. The largest absolute Gasteiger partial charge is 0.345 e. The van der Waals surface area contributed by atoms with Crippen LogP contribution in [0.3, 0.4) is 0 Å². The molecular formula is C12H15ClN2S. The Labute approximate surface area is 105 Å². The minimum absolute atomic E-state index is 0.857. The highest BCUT2D eigenvalue weighted by atomic mass is 35.5. The van der Waals surface area contributed by atoms with Gasteiger partial charge in [0.2, 0.25) is 0 Å². The van der Waals surface area contributed by atoms with Crippen LogP contribution in [0.15, 0.2) is 30.5 Å². The van der Waals surface area contributed by atoms with E-state index in [1.165, 1.54) is 10.6 Å². The molecule has 0 amide bonds. The molecular weight excluding hydrogens is 240 g/mol. The van der Waals surface area contributed by atoms with Crippen molar-refractivity contribution < 1.29 is 0 Å². The summed E-state index contributed by atoms with van der Waals surface area (Å²) < 4.78 is 3.11. The number of rotatable bonds is 5. The molecule has 0 atom stereocenters. The van der Waals surface area contributed by atoms with Crippen molar-refractivity contribution in [2.45, 2.75) is 20.0 Å². The van der Waals surface area contributed by atoms with E-state index in [2.05, 4.69) is 41.2 Å². The van der Waals surface area contributed by atoms with Gasteiger partial charge in [0.05, 0.1) is 10.9 Å². The first kappa shape index (κ1) is 11.7. The van der Waals surface area contributed by atoms with Crippen LogP contribution in [0.25, 0.3) is 0 Å². The van der Waals surface area contributed by atoms with Gasteiger partial charge in [0.1, 0.15) is 0 Å². The van der Waals surface area contributed by atoms with E-state index in [-0.39, 0.29) is 0 Å². The highest BCUT2D eigenvalue weighted by Gasteiger charge is 2.03. The van der Waals surface area contributed by atoms with Gasteiger partial charge in [-0.2, -0.15) is 0 Å². The van der Waals surface area contributed by atoms with Crippen molar-refractivity contribution in [1.29, 1.82) is 0 Å². The summed E-state index contributed by atoms with van der Waals surface area (Å²) in [6.07, 6.45) is 2.11. The Morgan fingerprint density at radius 3 is 2.94 bits per heavy atom. The molecule has 0 aliphatic heterocycles. The molecule has 0 spiro atoms. The van der Waals surface area contributed by atoms with Crippen LogP contribution in [0.2, 0.25) is 4.34 Å². The molecule has 0 aliphatic carbocycles. The van der Waals surface area contributed by atoms with Crippen molar-refractivity contribution in [1.82, 2.24) is 9.88 Å². The number of aromatic nitrogens is 1. The molecule has 4 heteroatoms. The molecule has 1 N–H and O–H groups in total. The van der Waals surface area contributed by atoms with Gasteiger partial charge in [0.25, 0.3) is 0 Å². The maximum Gasteiger partial charge on any atom is 0.0931 e. The molecule has 0 radical (unpaired) electrons. The zero-order valence-electron chi connectivity index (χ0n) is 9.24. The maximum absolute atomic E-state index is 5.92. The molecule has 2 heterocycles. The van der Waals surface area contributed by atoms with Gasteiger partial charge >= 0.3 is 0 Å². The Hall–Kier alpha value is -0.770. The number of nitrogens with one attached hydrogen (secondary N) is 1. The zero-order valence-corrected chi connectivity index (χ0v) is 10.8. The third-order valence-corrected chi connectivity index (χ3v) is 3.65. The fourth-order valence-electron chi connectivity index (χ4n) is 1.62. The molecule has 0 fully saturated rings. The minimum Gasteiger partial charge on any atom is -0.345 e. The molecule has 0 bridgehead atoms. The Kier molecular flexibility index (Phi) is 4.04. The number of hydrogen-bond donors (Lipinski definition) is 1. The van der Waals surface area contributed by atoms with Crippen LogP contribution in [0.1, 0.15) is 17.5 Å². The van der Waals surface area contributed by atoms with Crippen molar-refractivity contribution in [2.24, 2.45) is 0 Å². The van der Waals surface area contributed by atoms with Crippen LogP contribution in [-0.2, 0) is 13.1 Å². The van der Waals surface area contributed by atoms with E-state index >= 15 is 0 Å². The minimum atomic E-state index is 0.857. The Morgan fingerprint density at radius 1 is 1.38 bits per heavy atom. The summed E-state index contributed by atoms with van der Waals surface area (Å²) in [5.74, 6) is 0. The predicted octanol–water partition coefficient (Wildman–Crippen LogP) is 3.36. The number of hydrogen-bond acceptors (Lipinski definition) is 2. The molecule has 0 unspecified atom stereocenters. The van der Waals surface area contributed by atoms with Gasteiger partial charge in [-0.15, -0.1) is 11.3 Å². The summed E-state index contributed by atoms with van der Waals surface area (Å²) in [7, 11) is 0. The lowest BCUT2D eigenvalue weighted by molar-refractivity contribution is 0.660. The van der Waals surface area contributed by atoms with Gasteiger partial charge < -0.3 is 9.88 Å². The predicted molar refractivity (Wildman–Crippen MR) is 70.2 cm³/mol. The third-order valence-electron chi connectivity index (χ3n) is 2.43. The van der Waals surface area contributed by atoms with Gasteiger partial charge in [-0.3, -0.25) is 0 Å². The van der Waals surface area contributed by atoms with Crippen molar-refractivity contribution in [3.63, 3.8) is 0 Å². The molecule has 2 aromatic heterocycles. The van der Waals surface area contributed by atoms with Gasteiger partial charge in [0, 0.05) is 23.3 Å². The summed E-state index contributed by atoms with van der Waals surface area (Å²) in [4.78, 5) is 1.29. The number of nitrogens with zero attached hydrogens (tertiary/aromatic N) is 1. The third kappa shape index (κ3) is 2.88.